The molecule has 0 aliphatic carbocycles. The van der Waals surface area contributed by atoms with E-state index in [0.29, 0.717) is 10.6 Å². The Balaban J connectivity index is 3.16. The van der Waals surface area contributed by atoms with Gasteiger partial charge in [-0.15, -0.1) is 0 Å². The molecule has 1 aromatic rings. The van der Waals surface area contributed by atoms with Gasteiger partial charge >= 0.3 is 11.9 Å². The number of carboxylic acid groups (broad SMARTS) is 1. The number of benzene rings is 1. The molecule has 1 unspecified atom stereocenters. The van der Waals surface area contributed by atoms with Crippen molar-refractivity contribution < 1.29 is 19.4 Å². The molecular formula is C12H12Cl2O4. The lowest BCUT2D eigenvalue weighted by Crippen LogP contribution is -2.39. The van der Waals surface area contributed by atoms with E-state index in [9.17, 15) is 14.7 Å². The Labute approximate surface area is 114 Å². The van der Waals surface area contributed by atoms with Crippen LogP contribution in [0.3, 0.4) is 0 Å². The molecule has 1 aromatic carbocycles. The molecule has 0 saturated heterocycles. The number of carbonyl (C=O) groups excluding carboxylic acids is 1. The first-order valence-corrected chi connectivity index (χ1v) is 5.83. The largest absolute Gasteiger partial charge is 0.480 e. The fourth-order valence-corrected chi connectivity index (χ4v) is 1.91. The van der Waals surface area contributed by atoms with Crippen LogP contribution in [0.15, 0.2) is 18.2 Å². The van der Waals surface area contributed by atoms with Crippen LogP contribution in [0.4, 0.5) is 0 Å². The molecule has 1 N–H and O–H groups in total. The Morgan fingerprint density at radius 3 is 2.50 bits per heavy atom. The van der Waals surface area contributed by atoms with E-state index in [-0.39, 0.29) is 11.4 Å². The Morgan fingerprint density at radius 1 is 1.39 bits per heavy atom. The van der Waals surface area contributed by atoms with Crippen LogP contribution in [-0.4, -0.2) is 24.2 Å². The predicted molar refractivity (Wildman–Crippen MR) is 67.9 cm³/mol. The van der Waals surface area contributed by atoms with Gasteiger partial charge in [-0.25, -0.2) is 0 Å². The number of esters is 1. The van der Waals surface area contributed by atoms with E-state index in [2.05, 4.69) is 4.74 Å². The smallest absolute Gasteiger partial charge is 0.323 e. The minimum Gasteiger partial charge on any atom is -0.480 e. The molecule has 0 heterocycles. The second-order valence-electron chi connectivity index (χ2n) is 4.02. The molecule has 0 aromatic heterocycles. The van der Waals surface area contributed by atoms with E-state index >= 15 is 0 Å². The number of methoxy groups -OCH3 is 1. The summed E-state index contributed by atoms with van der Waals surface area (Å²) in [4.78, 5) is 22.8. The fourth-order valence-electron chi connectivity index (χ4n) is 1.53. The predicted octanol–water partition coefficient (Wildman–Crippen LogP) is 2.80. The SMILES string of the molecule is COC(=O)C(C)(Cc1cccc(Cl)c1Cl)C(=O)O. The lowest BCUT2D eigenvalue weighted by atomic mass is 9.83. The molecular weight excluding hydrogens is 279 g/mol. The van der Waals surface area contributed by atoms with Gasteiger partial charge < -0.3 is 9.84 Å². The summed E-state index contributed by atoms with van der Waals surface area (Å²) in [5.41, 5.74) is -1.21. The van der Waals surface area contributed by atoms with Gasteiger partial charge in [-0.1, -0.05) is 35.3 Å². The van der Waals surface area contributed by atoms with E-state index in [1.807, 2.05) is 0 Å². The molecule has 98 valence electrons. The van der Waals surface area contributed by atoms with Crippen molar-refractivity contribution in [2.45, 2.75) is 13.3 Å². The van der Waals surface area contributed by atoms with Gasteiger partial charge in [0.1, 0.15) is 0 Å². The molecule has 0 aliphatic heterocycles. The Morgan fingerprint density at radius 2 is 2.00 bits per heavy atom. The lowest BCUT2D eigenvalue weighted by Gasteiger charge is -2.22. The van der Waals surface area contributed by atoms with Crippen molar-refractivity contribution in [3.63, 3.8) is 0 Å². The average molecular weight is 291 g/mol. The summed E-state index contributed by atoms with van der Waals surface area (Å²) in [6.45, 7) is 1.29. The van der Waals surface area contributed by atoms with Crippen LogP contribution >= 0.6 is 23.2 Å². The zero-order valence-electron chi connectivity index (χ0n) is 9.87. The molecule has 1 rings (SSSR count). The second kappa shape index (κ2) is 5.59. The van der Waals surface area contributed by atoms with Crippen LogP contribution in [-0.2, 0) is 20.7 Å². The Hall–Kier alpha value is -1.26. The van der Waals surface area contributed by atoms with Gasteiger partial charge in [0.05, 0.1) is 17.2 Å². The van der Waals surface area contributed by atoms with Gasteiger partial charge in [0.15, 0.2) is 5.41 Å². The monoisotopic (exact) mass is 290 g/mol. The van der Waals surface area contributed by atoms with Crippen LogP contribution in [0.5, 0.6) is 0 Å². The van der Waals surface area contributed by atoms with Crippen LogP contribution in [0.25, 0.3) is 0 Å². The first-order chi connectivity index (χ1) is 8.32. The highest BCUT2D eigenvalue weighted by atomic mass is 35.5. The third-order valence-corrected chi connectivity index (χ3v) is 3.54. The number of carboxylic acids is 1. The van der Waals surface area contributed by atoms with Crippen LogP contribution in [0, 0.1) is 5.41 Å². The summed E-state index contributed by atoms with van der Waals surface area (Å²) in [5, 5.41) is 9.74. The van der Waals surface area contributed by atoms with E-state index in [4.69, 9.17) is 23.2 Å². The van der Waals surface area contributed by atoms with Crippen molar-refractivity contribution in [3.05, 3.63) is 33.8 Å². The quantitative estimate of drug-likeness (QED) is 0.684. The minimum absolute atomic E-state index is 0.0889. The van der Waals surface area contributed by atoms with Gasteiger partial charge in [-0.3, -0.25) is 9.59 Å². The van der Waals surface area contributed by atoms with Crippen molar-refractivity contribution in [2.24, 2.45) is 5.41 Å². The maximum absolute atomic E-state index is 11.6. The number of hydrogen-bond acceptors (Lipinski definition) is 3. The molecule has 0 fully saturated rings. The molecule has 18 heavy (non-hydrogen) atoms. The van der Waals surface area contributed by atoms with Crippen LogP contribution in [0.1, 0.15) is 12.5 Å². The van der Waals surface area contributed by atoms with Crippen molar-refractivity contribution in [1.29, 1.82) is 0 Å². The minimum atomic E-state index is -1.69. The summed E-state index contributed by atoms with van der Waals surface area (Å²) in [6.07, 6.45) is -0.0889. The maximum Gasteiger partial charge on any atom is 0.323 e. The average Bonchev–Trinajstić information content (AvgIpc) is 2.33. The molecule has 1 atom stereocenters. The molecule has 0 radical (unpaired) electrons. The highest BCUT2D eigenvalue weighted by molar-refractivity contribution is 6.42. The molecule has 0 bridgehead atoms. The summed E-state index contributed by atoms with van der Waals surface area (Å²) < 4.78 is 4.52. The van der Waals surface area contributed by atoms with Gasteiger partial charge in [0, 0.05) is 6.42 Å². The lowest BCUT2D eigenvalue weighted by molar-refractivity contribution is -0.165. The van der Waals surface area contributed by atoms with Crippen molar-refractivity contribution in [3.8, 4) is 0 Å². The van der Waals surface area contributed by atoms with Gasteiger partial charge in [-0.05, 0) is 18.6 Å². The Bertz CT molecular complexity index is 487. The van der Waals surface area contributed by atoms with Crippen LogP contribution in [0.2, 0.25) is 10.0 Å². The topological polar surface area (TPSA) is 63.6 Å². The van der Waals surface area contributed by atoms with Crippen molar-refractivity contribution in [2.75, 3.05) is 7.11 Å². The summed E-state index contributed by atoms with van der Waals surface area (Å²) in [5.74, 6) is -2.10. The molecule has 0 spiro atoms. The number of rotatable bonds is 4. The molecule has 6 heteroatoms. The second-order valence-corrected chi connectivity index (χ2v) is 4.80. The molecule has 0 amide bonds. The standard InChI is InChI=1S/C12H12Cl2O4/c1-12(10(15)16,11(17)18-2)6-7-4-3-5-8(13)9(7)14/h3-5H,6H2,1-2H3,(H,15,16). The van der Waals surface area contributed by atoms with Crippen molar-refractivity contribution in [1.82, 2.24) is 0 Å². The fraction of sp³-hybridized carbons (Fsp3) is 0.333. The van der Waals surface area contributed by atoms with Crippen molar-refractivity contribution >= 4 is 35.1 Å². The number of halogens is 2. The normalized spacial score (nSPS) is 13.8. The summed E-state index contributed by atoms with van der Waals surface area (Å²) >= 11 is 11.8. The number of aliphatic carboxylic acids is 1. The molecule has 0 aliphatic rings. The summed E-state index contributed by atoms with van der Waals surface area (Å²) in [6, 6.07) is 4.85. The molecule has 0 saturated carbocycles. The number of ether oxygens (including phenoxy) is 1. The highest BCUT2D eigenvalue weighted by Crippen LogP contribution is 2.32. The van der Waals surface area contributed by atoms with Gasteiger partial charge in [0.2, 0.25) is 0 Å². The Kier molecular flexibility index (Phi) is 4.59. The highest BCUT2D eigenvalue weighted by Gasteiger charge is 2.43. The number of hydrogen-bond donors (Lipinski definition) is 1. The number of carbonyl (C=O) groups is 2. The van der Waals surface area contributed by atoms with Gasteiger partial charge in [-0.2, -0.15) is 0 Å². The third-order valence-electron chi connectivity index (χ3n) is 2.68. The van der Waals surface area contributed by atoms with Gasteiger partial charge in [0.25, 0.3) is 0 Å². The zero-order chi connectivity index (χ0) is 13.9. The molecule has 4 nitrogen and oxygen atoms in total. The maximum atomic E-state index is 11.6. The third kappa shape index (κ3) is 2.76. The first kappa shape index (κ1) is 14.8. The first-order valence-electron chi connectivity index (χ1n) is 5.07. The van der Waals surface area contributed by atoms with E-state index < -0.39 is 17.4 Å². The van der Waals surface area contributed by atoms with E-state index in [0.717, 1.165) is 7.11 Å². The summed E-state index contributed by atoms with van der Waals surface area (Å²) in [7, 11) is 1.14. The van der Waals surface area contributed by atoms with E-state index in [1.54, 1.807) is 18.2 Å². The van der Waals surface area contributed by atoms with E-state index in [1.165, 1.54) is 6.92 Å². The zero-order valence-corrected chi connectivity index (χ0v) is 11.4. The van der Waals surface area contributed by atoms with Crippen LogP contribution < -0.4 is 0 Å².